The molecule has 0 saturated heterocycles. The molecule has 0 aromatic heterocycles. The second-order valence-electron chi connectivity index (χ2n) is 7.42. The van der Waals surface area contributed by atoms with E-state index in [-0.39, 0.29) is 11.5 Å². The lowest BCUT2D eigenvalue weighted by molar-refractivity contribution is 0.256. The van der Waals surface area contributed by atoms with E-state index in [1.54, 1.807) is 0 Å². The van der Waals surface area contributed by atoms with Crippen molar-refractivity contribution in [2.45, 2.75) is 64.8 Å². The Kier molecular flexibility index (Phi) is 4.35. The zero-order valence-corrected chi connectivity index (χ0v) is 12.9. The minimum absolute atomic E-state index is 0.224. The predicted molar refractivity (Wildman–Crippen MR) is 83.2 cm³/mol. The smallest absolute Gasteiger partial charge is 0.0323 e. The highest BCUT2D eigenvalue weighted by atomic mass is 14.7. The Labute approximate surface area is 118 Å². The molecule has 0 heterocycles. The van der Waals surface area contributed by atoms with Crippen molar-refractivity contribution >= 4 is 0 Å². The van der Waals surface area contributed by atoms with Gasteiger partial charge in [0.05, 0.1) is 0 Å². The lowest BCUT2D eigenvalue weighted by Gasteiger charge is -2.31. The van der Waals surface area contributed by atoms with E-state index in [9.17, 15) is 0 Å². The second kappa shape index (κ2) is 5.66. The Morgan fingerprint density at radius 1 is 1.00 bits per heavy atom. The average molecular weight is 259 g/mol. The van der Waals surface area contributed by atoms with E-state index in [4.69, 9.17) is 5.73 Å². The van der Waals surface area contributed by atoms with E-state index in [0.717, 1.165) is 5.92 Å². The Morgan fingerprint density at radius 2 is 1.53 bits per heavy atom. The van der Waals surface area contributed by atoms with Crippen LogP contribution in [0, 0.1) is 11.8 Å². The minimum Gasteiger partial charge on any atom is -0.324 e. The molecule has 1 saturated carbocycles. The summed E-state index contributed by atoms with van der Waals surface area (Å²) in [5, 5.41) is 0. The standard InChI is InChI=1S/C18H29N/c1-13-5-7-14(8-6-13)17(19)15-9-11-16(12-10-15)18(2,3)4/h9-14,17H,5-8,19H2,1-4H3. The van der Waals surface area contributed by atoms with Gasteiger partial charge in [-0.15, -0.1) is 0 Å². The highest BCUT2D eigenvalue weighted by Gasteiger charge is 2.24. The molecule has 0 amide bonds. The minimum atomic E-state index is 0.224. The van der Waals surface area contributed by atoms with E-state index in [1.165, 1.54) is 36.8 Å². The molecule has 1 aromatic carbocycles. The van der Waals surface area contributed by atoms with Gasteiger partial charge in [-0.2, -0.15) is 0 Å². The quantitative estimate of drug-likeness (QED) is 0.810. The molecule has 0 bridgehead atoms. The van der Waals surface area contributed by atoms with Crippen molar-refractivity contribution in [1.82, 2.24) is 0 Å². The van der Waals surface area contributed by atoms with Crippen LogP contribution in [0.3, 0.4) is 0 Å². The summed E-state index contributed by atoms with van der Waals surface area (Å²) in [4.78, 5) is 0. The summed E-state index contributed by atoms with van der Waals surface area (Å²) < 4.78 is 0. The number of hydrogen-bond acceptors (Lipinski definition) is 1. The lowest BCUT2D eigenvalue weighted by Crippen LogP contribution is -2.25. The molecule has 2 N–H and O–H groups in total. The van der Waals surface area contributed by atoms with Crippen molar-refractivity contribution < 1.29 is 0 Å². The first-order chi connectivity index (χ1) is 8.88. The third-order valence-electron chi connectivity index (χ3n) is 4.73. The molecule has 1 aliphatic carbocycles. The molecular weight excluding hydrogens is 230 g/mol. The average Bonchev–Trinajstić information content (AvgIpc) is 2.38. The number of rotatable bonds is 2. The summed E-state index contributed by atoms with van der Waals surface area (Å²) in [6.45, 7) is 9.12. The van der Waals surface area contributed by atoms with E-state index in [2.05, 4.69) is 52.0 Å². The van der Waals surface area contributed by atoms with Crippen LogP contribution in [0.4, 0.5) is 0 Å². The normalized spacial score (nSPS) is 26.2. The molecule has 19 heavy (non-hydrogen) atoms. The van der Waals surface area contributed by atoms with E-state index in [0.29, 0.717) is 5.92 Å². The van der Waals surface area contributed by atoms with Crippen LogP contribution in [-0.4, -0.2) is 0 Å². The highest BCUT2D eigenvalue weighted by Crippen LogP contribution is 2.35. The maximum Gasteiger partial charge on any atom is 0.0323 e. The van der Waals surface area contributed by atoms with Crippen LogP contribution in [0.15, 0.2) is 24.3 Å². The van der Waals surface area contributed by atoms with Crippen molar-refractivity contribution in [2.24, 2.45) is 17.6 Å². The molecule has 1 aliphatic rings. The van der Waals surface area contributed by atoms with Crippen molar-refractivity contribution in [3.63, 3.8) is 0 Å². The number of benzene rings is 1. The van der Waals surface area contributed by atoms with Crippen molar-refractivity contribution in [3.8, 4) is 0 Å². The van der Waals surface area contributed by atoms with Gasteiger partial charge >= 0.3 is 0 Å². The van der Waals surface area contributed by atoms with Gasteiger partial charge in [0.15, 0.2) is 0 Å². The predicted octanol–water partition coefficient (Wildman–Crippen LogP) is 4.81. The first kappa shape index (κ1) is 14.6. The van der Waals surface area contributed by atoms with Crippen LogP contribution in [-0.2, 0) is 5.41 Å². The van der Waals surface area contributed by atoms with Crippen molar-refractivity contribution in [2.75, 3.05) is 0 Å². The fourth-order valence-corrected chi connectivity index (χ4v) is 3.12. The second-order valence-corrected chi connectivity index (χ2v) is 7.42. The molecule has 1 heteroatoms. The van der Waals surface area contributed by atoms with E-state index >= 15 is 0 Å². The Hall–Kier alpha value is -0.820. The van der Waals surface area contributed by atoms with Crippen LogP contribution in [0.2, 0.25) is 0 Å². The Bertz CT molecular complexity index is 391. The zero-order valence-electron chi connectivity index (χ0n) is 12.9. The third-order valence-corrected chi connectivity index (χ3v) is 4.73. The summed E-state index contributed by atoms with van der Waals surface area (Å²) in [7, 11) is 0. The van der Waals surface area contributed by atoms with Gasteiger partial charge in [0.2, 0.25) is 0 Å². The van der Waals surface area contributed by atoms with Gasteiger partial charge in [-0.05, 0) is 41.2 Å². The van der Waals surface area contributed by atoms with E-state index in [1.807, 2.05) is 0 Å². The Morgan fingerprint density at radius 3 is 2.00 bits per heavy atom. The zero-order chi connectivity index (χ0) is 14.0. The number of nitrogens with two attached hydrogens (primary N) is 1. The van der Waals surface area contributed by atoms with Crippen molar-refractivity contribution in [1.29, 1.82) is 0 Å². The van der Waals surface area contributed by atoms with Crippen molar-refractivity contribution in [3.05, 3.63) is 35.4 Å². The fourth-order valence-electron chi connectivity index (χ4n) is 3.12. The van der Waals surface area contributed by atoms with Gasteiger partial charge < -0.3 is 5.73 Å². The molecule has 2 rings (SSSR count). The molecule has 1 fully saturated rings. The van der Waals surface area contributed by atoms with Gasteiger partial charge in [-0.1, -0.05) is 64.8 Å². The first-order valence-corrected chi connectivity index (χ1v) is 7.74. The lowest BCUT2D eigenvalue weighted by atomic mass is 9.77. The monoisotopic (exact) mass is 259 g/mol. The van der Waals surface area contributed by atoms with Gasteiger partial charge in [0.25, 0.3) is 0 Å². The van der Waals surface area contributed by atoms with Crippen LogP contribution < -0.4 is 5.73 Å². The summed E-state index contributed by atoms with van der Waals surface area (Å²) in [5.74, 6) is 1.57. The molecule has 0 aliphatic heterocycles. The molecule has 0 spiro atoms. The Balaban J connectivity index is 2.05. The topological polar surface area (TPSA) is 26.0 Å². The summed E-state index contributed by atoms with van der Waals surface area (Å²) in [6.07, 6.45) is 5.28. The molecule has 1 aromatic rings. The molecule has 0 radical (unpaired) electrons. The van der Waals surface area contributed by atoms with Crippen LogP contribution in [0.5, 0.6) is 0 Å². The first-order valence-electron chi connectivity index (χ1n) is 7.74. The fraction of sp³-hybridized carbons (Fsp3) is 0.667. The van der Waals surface area contributed by atoms with E-state index < -0.39 is 0 Å². The largest absolute Gasteiger partial charge is 0.324 e. The molecule has 1 nitrogen and oxygen atoms in total. The van der Waals surface area contributed by atoms with Gasteiger partial charge in [-0.3, -0.25) is 0 Å². The van der Waals surface area contributed by atoms with Gasteiger partial charge in [-0.25, -0.2) is 0 Å². The summed E-state index contributed by atoms with van der Waals surface area (Å²) >= 11 is 0. The molecule has 1 atom stereocenters. The van der Waals surface area contributed by atoms with Gasteiger partial charge in [0.1, 0.15) is 0 Å². The SMILES string of the molecule is CC1CCC(C(N)c2ccc(C(C)(C)C)cc2)CC1. The maximum absolute atomic E-state index is 6.47. The van der Waals surface area contributed by atoms with Crippen LogP contribution in [0.1, 0.15) is 70.5 Å². The molecular formula is C18H29N. The van der Waals surface area contributed by atoms with Crippen LogP contribution in [0.25, 0.3) is 0 Å². The summed E-state index contributed by atoms with van der Waals surface area (Å²) in [6, 6.07) is 9.20. The highest BCUT2D eigenvalue weighted by molar-refractivity contribution is 5.29. The third kappa shape index (κ3) is 3.60. The molecule has 1 unspecified atom stereocenters. The maximum atomic E-state index is 6.47. The molecule has 106 valence electrons. The summed E-state index contributed by atoms with van der Waals surface area (Å²) in [5.41, 5.74) is 9.40. The van der Waals surface area contributed by atoms with Crippen LogP contribution >= 0.6 is 0 Å². The number of hydrogen-bond donors (Lipinski definition) is 1. The van der Waals surface area contributed by atoms with Gasteiger partial charge in [0, 0.05) is 6.04 Å².